The van der Waals surface area contributed by atoms with Gasteiger partial charge in [0, 0.05) is 34.9 Å². The maximum Gasteiger partial charge on any atom is 0.435 e. The number of carbonyl (C=O) groups excluding carboxylic acids is 3. The molecule has 0 bridgehead atoms. The molecule has 0 aliphatic carbocycles. The number of aryl methyl sites for hydroxylation is 3. The fourth-order valence-corrected chi connectivity index (χ4v) is 4.67. The number of ether oxygens (including phenoxy) is 2. The van der Waals surface area contributed by atoms with Crippen molar-refractivity contribution in [3.05, 3.63) is 76.1 Å². The summed E-state index contributed by atoms with van der Waals surface area (Å²) in [6.07, 6.45) is -4.79. The molecule has 0 saturated carbocycles. The number of amides is 3. The Morgan fingerprint density at radius 2 is 1.45 bits per heavy atom. The van der Waals surface area contributed by atoms with Gasteiger partial charge < -0.3 is 25.4 Å². The van der Waals surface area contributed by atoms with Crippen molar-refractivity contribution < 1.29 is 37.0 Å². The van der Waals surface area contributed by atoms with E-state index in [0.29, 0.717) is 16.9 Å². The third kappa shape index (κ3) is 10.1. The fraction of sp³-hybridized carbons (Fsp3) is 0.353. The molecule has 0 unspecified atom stereocenters. The fourth-order valence-electron chi connectivity index (χ4n) is 4.44. The minimum absolute atomic E-state index is 0.0387. The number of urea groups is 1. The molecule has 51 heavy (non-hydrogen) atoms. The number of benzene rings is 2. The second kappa shape index (κ2) is 14.5. The third-order valence-corrected chi connectivity index (χ3v) is 7.00. The highest BCUT2D eigenvalue weighted by atomic mass is 35.5. The molecule has 0 spiro atoms. The number of hydrogen-bond acceptors (Lipinski definition) is 9. The summed E-state index contributed by atoms with van der Waals surface area (Å²) in [6.45, 7) is 15.4. The summed E-state index contributed by atoms with van der Waals surface area (Å²) in [5.41, 5.74) is -0.571. The lowest BCUT2D eigenvalue weighted by Crippen LogP contribution is -2.35. The maximum absolute atomic E-state index is 13.7. The second-order valence-corrected chi connectivity index (χ2v) is 13.9. The summed E-state index contributed by atoms with van der Waals surface area (Å²) in [5, 5.41) is 11.9. The summed E-state index contributed by atoms with van der Waals surface area (Å²) in [6, 6.07) is 8.59. The summed E-state index contributed by atoms with van der Waals surface area (Å²) in [4.78, 5) is 49.3. The van der Waals surface area contributed by atoms with Crippen LogP contribution in [0.3, 0.4) is 0 Å². The van der Waals surface area contributed by atoms with E-state index in [1.807, 2.05) is 0 Å². The largest absolute Gasteiger partial charge is 0.443 e. The number of alkyl halides is 3. The molecule has 0 saturated heterocycles. The normalized spacial score (nSPS) is 11.9. The van der Waals surface area contributed by atoms with Gasteiger partial charge in [0.15, 0.2) is 11.6 Å². The molecule has 4 rings (SSSR count). The zero-order chi connectivity index (χ0) is 38.1. The minimum Gasteiger partial charge on any atom is -0.443 e. The average molecular weight is 731 g/mol. The molecular formula is C34H38ClF3N8O5. The lowest BCUT2D eigenvalue weighted by molar-refractivity contribution is -0.137. The molecule has 2 aromatic carbocycles. The smallest absolute Gasteiger partial charge is 0.435 e. The van der Waals surface area contributed by atoms with Gasteiger partial charge in [0.25, 0.3) is 0 Å². The standard InChI is InChI=1S/C34H38ClF3N8O5/c1-18-10-11-22(41-29(47)40-21-12-13-24(35)23(15-21)34(36,37)38)16-25(18)42-28-39-17-19(2)27(43-28)45(30(48)50-32(4,5)6)26-14-20(3)46(44-26)31(49)51-33(7,8)9/h10-17H,1-9H3,(H,39,42,43)(H2,40,41,47). The number of rotatable bonds is 6. The first kappa shape index (κ1) is 38.4. The third-order valence-electron chi connectivity index (χ3n) is 6.67. The van der Waals surface area contributed by atoms with Crippen molar-refractivity contribution in [2.45, 2.75) is 79.7 Å². The van der Waals surface area contributed by atoms with Crippen molar-refractivity contribution in [1.29, 1.82) is 0 Å². The highest BCUT2D eigenvalue weighted by molar-refractivity contribution is 6.31. The van der Waals surface area contributed by atoms with Gasteiger partial charge in [-0.3, -0.25) is 0 Å². The van der Waals surface area contributed by atoms with Gasteiger partial charge in [-0.25, -0.2) is 24.3 Å². The summed E-state index contributed by atoms with van der Waals surface area (Å²) in [5.74, 6) is 0.192. The van der Waals surface area contributed by atoms with Crippen LogP contribution in [-0.4, -0.2) is 49.2 Å². The molecule has 17 heteroatoms. The molecule has 0 radical (unpaired) electrons. The molecule has 272 valence electrons. The molecular weight excluding hydrogens is 693 g/mol. The van der Waals surface area contributed by atoms with Crippen molar-refractivity contribution in [1.82, 2.24) is 19.7 Å². The minimum atomic E-state index is -4.70. The Kier molecular flexibility index (Phi) is 10.9. The maximum atomic E-state index is 13.7. The zero-order valence-corrected chi connectivity index (χ0v) is 30.2. The number of nitrogens with zero attached hydrogens (tertiary/aromatic N) is 5. The van der Waals surface area contributed by atoms with Gasteiger partial charge in [-0.1, -0.05) is 17.7 Å². The van der Waals surface area contributed by atoms with Crippen molar-refractivity contribution in [3.8, 4) is 0 Å². The number of halogens is 4. The zero-order valence-electron chi connectivity index (χ0n) is 29.4. The SMILES string of the molecule is Cc1ccc(NC(=O)Nc2ccc(Cl)c(C(F)(F)F)c2)cc1Nc1ncc(C)c(N(C(=O)OC(C)(C)C)c2cc(C)n(C(=O)OC(C)(C)C)n2)n1. The molecule has 0 aliphatic heterocycles. The lowest BCUT2D eigenvalue weighted by Gasteiger charge is -2.26. The lowest BCUT2D eigenvalue weighted by atomic mass is 10.2. The van der Waals surface area contributed by atoms with Crippen LogP contribution < -0.4 is 20.9 Å². The number of carbonyl (C=O) groups is 3. The predicted molar refractivity (Wildman–Crippen MR) is 187 cm³/mol. The van der Waals surface area contributed by atoms with E-state index >= 15 is 0 Å². The van der Waals surface area contributed by atoms with E-state index in [-0.39, 0.29) is 29.0 Å². The molecule has 3 N–H and O–H groups in total. The number of aromatic nitrogens is 4. The van der Waals surface area contributed by atoms with Crippen LogP contribution in [0, 0.1) is 20.8 Å². The van der Waals surface area contributed by atoms with Crippen molar-refractivity contribution in [3.63, 3.8) is 0 Å². The van der Waals surface area contributed by atoms with E-state index in [0.717, 1.165) is 27.3 Å². The first-order valence-corrected chi connectivity index (χ1v) is 15.9. The molecule has 2 heterocycles. The number of nitrogens with one attached hydrogen (secondary N) is 3. The van der Waals surface area contributed by atoms with Crippen LogP contribution in [0.4, 0.5) is 62.2 Å². The van der Waals surface area contributed by atoms with Crippen LogP contribution in [0.5, 0.6) is 0 Å². The van der Waals surface area contributed by atoms with Crippen LogP contribution >= 0.6 is 11.6 Å². The quantitative estimate of drug-likeness (QED) is 0.176. The van der Waals surface area contributed by atoms with Crippen LogP contribution in [0.25, 0.3) is 0 Å². The Morgan fingerprint density at radius 1 is 0.843 bits per heavy atom. The van der Waals surface area contributed by atoms with Gasteiger partial charge in [-0.2, -0.15) is 22.8 Å². The monoisotopic (exact) mass is 730 g/mol. The van der Waals surface area contributed by atoms with E-state index < -0.39 is 46.2 Å². The molecule has 4 aromatic rings. The average Bonchev–Trinajstić information content (AvgIpc) is 3.36. The van der Waals surface area contributed by atoms with Crippen LogP contribution in [0.15, 0.2) is 48.7 Å². The van der Waals surface area contributed by atoms with Gasteiger partial charge in [0.05, 0.1) is 16.3 Å². The first-order valence-electron chi connectivity index (χ1n) is 15.5. The Balaban J connectivity index is 1.63. The Hall–Kier alpha value is -5.38. The van der Waals surface area contributed by atoms with E-state index in [4.69, 9.17) is 21.1 Å². The topological polar surface area (TPSA) is 153 Å². The Labute approximate surface area is 297 Å². The number of anilines is 6. The van der Waals surface area contributed by atoms with Gasteiger partial charge in [0.2, 0.25) is 5.95 Å². The number of hydrogen-bond donors (Lipinski definition) is 3. The second-order valence-electron chi connectivity index (χ2n) is 13.5. The highest BCUT2D eigenvalue weighted by Gasteiger charge is 2.34. The van der Waals surface area contributed by atoms with Gasteiger partial charge >= 0.3 is 24.4 Å². The van der Waals surface area contributed by atoms with Crippen molar-refractivity contribution >= 4 is 64.5 Å². The van der Waals surface area contributed by atoms with E-state index in [2.05, 4.69) is 31.0 Å². The summed E-state index contributed by atoms with van der Waals surface area (Å²) in [7, 11) is 0. The van der Waals surface area contributed by atoms with E-state index in [1.165, 1.54) is 18.3 Å². The Morgan fingerprint density at radius 3 is 2.06 bits per heavy atom. The molecule has 0 aliphatic rings. The van der Waals surface area contributed by atoms with Gasteiger partial charge in [-0.15, -0.1) is 5.10 Å². The first-order chi connectivity index (χ1) is 23.5. The van der Waals surface area contributed by atoms with Gasteiger partial charge in [-0.05, 0) is 98.2 Å². The molecule has 0 fully saturated rings. The summed E-state index contributed by atoms with van der Waals surface area (Å²) >= 11 is 5.68. The Bertz CT molecular complexity index is 1970. The van der Waals surface area contributed by atoms with Gasteiger partial charge in [0.1, 0.15) is 11.2 Å². The van der Waals surface area contributed by atoms with Crippen LogP contribution in [0.1, 0.15) is 63.9 Å². The van der Waals surface area contributed by atoms with E-state index in [1.54, 1.807) is 80.5 Å². The molecule has 0 atom stereocenters. The van der Waals surface area contributed by atoms with Crippen LogP contribution in [-0.2, 0) is 15.7 Å². The van der Waals surface area contributed by atoms with Crippen molar-refractivity contribution in [2.24, 2.45) is 0 Å². The molecule has 13 nitrogen and oxygen atoms in total. The van der Waals surface area contributed by atoms with E-state index in [9.17, 15) is 27.6 Å². The van der Waals surface area contributed by atoms with Crippen LogP contribution in [0.2, 0.25) is 5.02 Å². The highest BCUT2D eigenvalue weighted by Crippen LogP contribution is 2.36. The predicted octanol–water partition coefficient (Wildman–Crippen LogP) is 9.51. The summed E-state index contributed by atoms with van der Waals surface area (Å²) < 4.78 is 52.0. The molecule has 2 aromatic heterocycles. The molecule has 3 amide bonds. The van der Waals surface area contributed by atoms with Crippen molar-refractivity contribution in [2.75, 3.05) is 20.9 Å².